The van der Waals surface area contributed by atoms with Crippen LogP contribution in [-0.2, 0) is 4.74 Å². The molecule has 0 amide bonds. The summed E-state index contributed by atoms with van der Waals surface area (Å²) in [4.78, 5) is 16.8. The Labute approximate surface area is 105 Å². The molecule has 6 heteroatoms. The van der Waals surface area contributed by atoms with E-state index >= 15 is 0 Å². The van der Waals surface area contributed by atoms with Crippen LogP contribution in [0, 0.1) is 0 Å². The molecule has 17 heavy (non-hydrogen) atoms. The topological polar surface area (TPSA) is 62.7 Å². The number of aromatic carboxylic acids is 1. The van der Waals surface area contributed by atoms with Crippen molar-refractivity contribution in [3.8, 4) is 0 Å². The Morgan fingerprint density at radius 1 is 1.65 bits per heavy atom. The molecule has 0 aliphatic rings. The molecule has 0 fully saturated rings. The van der Waals surface area contributed by atoms with Gasteiger partial charge in [-0.15, -0.1) is 0 Å². The summed E-state index contributed by atoms with van der Waals surface area (Å²) in [6, 6.07) is 1.40. The number of rotatable bonds is 6. The quantitative estimate of drug-likeness (QED) is 0.844. The first kappa shape index (κ1) is 13.7. The first-order valence-electron chi connectivity index (χ1n) is 5.22. The number of halogens is 1. The van der Waals surface area contributed by atoms with Crippen LogP contribution in [0.4, 0.5) is 5.82 Å². The average molecular weight is 259 g/mol. The zero-order valence-corrected chi connectivity index (χ0v) is 10.6. The number of anilines is 1. The molecule has 0 bridgehead atoms. The Kier molecular flexibility index (Phi) is 5.18. The van der Waals surface area contributed by atoms with E-state index in [1.165, 1.54) is 12.3 Å². The van der Waals surface area contributed by atoms with Gasteiger partial charge in [-0.1, -0.05) is 11.6 Å². The van der Waals surface area contributed by atoms with Crippen molar-refractivity contribution in [1.82, 2.24) is 4.98 Å². The van der Waals surface area contributed by atoms with Gasteiger partial charge in [-0.3, -0.25) is 0 Å². The van der Waals surface area contributed by atoms with Crippen molar-refractivity contribution in [3.63, 3.8) is 0 Å². The molecule has 0 aliphatic heterocycles. The van der Waals surface area contributed by atoms with Gasteiger partial charge in [0.1, 0.15) is 5.82 Å². The van der Waals surface area contributed by atoms with E-state index in [4.69, 9.17) is 21.4 Å². The van der Waals surface area contributed by atoms with E-state index < -0.39 is 5.97 Å². The van der Waals surface area contributed by atoms with Gasteiger partial charge in [-0.05, 0) is 13.0 Å². The SMILES string of the molecule is CCN(CCOC)c1ncc(C(=O)O)cc1Cl. The maximum Gasteiger partial charge on any atom is 0.337 e. The van der Waals surface area contributed by atoms with Crippen molar-refractivity contribution >= 4 is 23.4 Å². The number of carbonyl (C=O) groups is 1. The molecule has 1 heterocycles. The minimum absolute atomic E-state index is 0.0848. The fraction of sp³-hybridized carbons (Fsp3) is 0.455. The van der Waals surface area contributed by atoms with Crippen LogP contribution < -0.4 is 4.90 Å². The van der Waals surface area contributed by atoms with Crippen molar-refractivity contribution in [3.05, 3.63) is 22.8 Å². The zero-order chi connectivity index (χ0) is 12.8. The fourth-order valence-corrected chi connectivity index (χ4v) is 1.68. The molecule has 0 aromatic carbocycles. The number of methoxy groups -OCH3 is 1. The third kappa shape index (κ3) is 3.57. The number of ether oxygens (including phenoxy) is 1. The van der Waals surface area contributed by atoms with E-state index in [2.05, 4.69) is 4.98 Å². The second-order valence-corrected chi connectivity index (χ2v) is 3.81. The van der Waals surface area contributed by atoms with Crippen LogP contribution in [0.15, 0.2) is 12.3 Å². The lowest BCUT2D eigenvalue weighted by atomic mass is 10.3. The zero-order valence-electron chi connectivity index (χ0n) is 9.81. The van der Waals surface area contributed by atoms with Gasteiger partial charge in [0.05, 0.1) is 17.2 Å². The molecule has 0 aliphatic carbocycles. The third-order valence-corrected chi connectivity index (χ3v) is 2.59. The largest absolute Gasteiger partial charge is 0.478 e. The minimum atomic E-state index is -1.04. The molecule has 0 unspecified atom stereocenters. The highest BCUT2D eigenvalue weighted by Gasteiger charge is 2.13. The number of carboxylic acids is 1. The van der Waals surface area contributed by atoms with E-state index in [1.807, 2.05) is 11.8 Å². The minimum Gasteiger partial charge on any atom is -0.478 e. The maximum atomic E-state index is 10.7. The fourth-order valence-electron chi connectivity index (χ4n) is 1.40. The normalized spacial score (nSPS) is 10.3. The van der Waals surface area contributed by atoms with Gasteiger partial charge in [0.2, 0.25) is 0 Å². The van der Waals surface area contributed by atoms with Crippen LogP contribution in [0.1, 0.15) is 17.3 Å². The summed E-state index contributed by atoms with van der Waals surface area (Å²) in [5.41, 5.74) is 0.0848. The summed E-state index contributed by atoms with van der Waals surface area (Å²) in [6.07, 6.45) is 1.30. The lowest BCUT2D eigenvalue weighted by Crippen LogP contribution is -2.28. The van der Waals surface area contributed by atoms with E-state index in [1.54, 1.807) is 7.11 Å². The third-order valence-electron chi connectivity index (χ3n) is 2.32. The molecule has 0 radical (unpaired) electrons. The highest BCUT2D eigenvalue weighted by atomic mass is 35.5. The molecule has 94 valence electrons. The Hall–Kier alpha value is -1.33. The second kappa shape index (κ2) is 6.42. The number of carboxylic acid groups (broad SMARTS) is 1. The van der Waals surface area contributed by atoms with Crippen LogP contribution in [0.25, 0.3) is 0 Å². The van der Waals surface area contributed by atoms with Gasteiger partial charge >= 0.3 is 5.97 Å². The van der Waals surface area contributed by atoms with E-state index in [9.17, 15) is 4.79 Å². The number of likely N-dealkylation sites (N-methyl/N-ethyl adjacent to an activating group) is 1. The van der Waals surface area contributed by atoms with Crippen LogP contribution in [0.2, 0.25) is 5.02 Å². The number of nitrogens with zero attached hydrogens (tertiary/aromatic N) is 2. The summed E-state index contributed by atoms with van der Waals surface area (Å²) >= 11 is 6.02. The van der Waals surface area contributed by atoms with Crippen molar-refractivity contribution in [1.29, 1.82) is 0 Å². The maximum absolute atomic E-state index is 10.7. The Morgan fingerprint density at radius 3 is 2.82 bits per heavy atom. The lowest BCUT2D eigenvalue weighted by Gasteiger charge is -2.22. The number of pyridine rings is 1. The molecular formula is C11H15ClN2O3. The van der Waals surface area contributed by atoms with Crippen LogP contribution in [0.5, 0.6) is 0 Å². The number of hydrogen-bond acceptors (Lipinski definition) is 4. The Morgan fingerprint density at radius 2 is 2.35 bits per heavy atom. The average Bonchev–Trinajstić information content (AvgIpc) is 2.31. The number of aromatic nitrogens is 1. The monoisotopic (exact) mass is 258 g/mol. The number of hydrogen-bond donors (Lipinski definition) is 1. The van der Waals surface area contributed by atoms with Crippen molar-refractivity contribution < 1.29 is 14.6 Å². The van der Waals surface area contributed by atoms with Gasteiger partial charge < -0.3 is 14.7 Å². The van der Waals surface area contributed by atoms with E-state index in [-0.39, 0.29) is 5.56 Å². The predicted octanol–water partition coefficient (Wildman–Crippen LogP) is 1.91. The molecule has 0 saturated heterocycles. The van der Waals surface area contributed by atoms with Crippen molar-refractivity contribution in [2.75, 3.05) is 31.7 Å². The van der Waals surface area contributed by atoms with E-state index in [0.29, 0.717) is 24.0 Å². The molecular weight excluding hydrogens is 244 g/mol. The molecule has 5 nitrogen and oxygen atoms in total. The first-order chi connectivity index (χ1) is 8.10. The van der Waals surface area contributed by atoms with Gasteiger partial charge in [-0.2, -0.15) is 0 Å². The first-order valence-corrected chi connectivity index (χ1v) is 5.60. The molecule has 1 aromatic rings. The highest BCUT2D eigenvalue weighted by molar-refractivity contribution is 6.33. The molecule has 0 spiro atoms. The van der Waals surface area contributed by atoms with E-state index in [0.717, 1.165) is 6.54 Å². The van der Waals surface area contributed by atoms with Crippen LogP contribution >= 0.6 is 11.6 Å². The molecule has 1 rings (SSSR count). The summed E-state index contributed by atoms with van der Waals surface area (Å²) in [5.74, 6) is -0.456. The van der Waals surface area contributed by atoms with Gasteiger partial charge in [0, 0.05) is 26.4 Å². The molecule has 0 atom stereocenters. The summed E-state index contributed by atoms with van der Waals surface area (Å²) in [6.45, 7) is 3.92. The van der Waals surface area contributed by atoms with Crippen molar-refractivity contribution in [2.45, 2.75) is 6.92 Å². The summed E-state index contributed by atoms with van der Waals surface area (Å²) < 4.78 is 4.99. The van der Waals surface area contributed by atoms with Crippen LogP contribution in [0.3, 0.4) is 0 Å². The van der Waals surface area contributed by atoms with Gasteiger partial charge in [0.15, 0.2) is 0 Å². The standard InChI is InChI=1S/C11H15ClN2O3/c1-3-14(4-5-17-2)10-9(12)6-8(7-13-10)11(15)16/h6-7H,3-5H2,1-2H3,(H,15,16). The highest BCUT2D eigenvalue weighted by Crippen LogP contribution is 2.23. The Bertz CT molecular complexity index is 398. The lowest BCUT2D eigenvalue weighted by molar-refractivity contribution is 0.0696. The Balaban J connectivity index is 2.92. The summed E-state index contributed by atoms with van der Waals surface area (Å²) in [7, 11) is 1.62. The smallest absolute Gasteiger partial charge is 0.337 e. The molecule has 1 aromatic heterocycles. The van der Waals surface area contributed by atoms with Crippen molar-refractivity contribution in [2.24, 2.45) is 0 Å². The van der Waals surface area contributed by atoms with Gasteiger partial charge in [-0.25, -0.2) is 9.78 Å². The molecule has 1 N–H and O–H groups in total. The molecule has 0 saturated carbocycles. The van der Waals surface area contributed by atoms with Gasteiger partial charge in [0.25, 0.3) is 0 Å². The summed E-state index contributed by atoms with van der Waals surface area (Å²) in [5, 5.41) is 9.14. The van der Waals surface area contributed by atoms with Crippen LogP contribution in [-0.4, -0.2) is 42.9 Å². The second-order valence-electron chi connectivity index (χ2n) is 3.41. The predicted molar refractivity (Wildman–Crippen MR) is 66.0 cm³/mol.